The van der Waals surface area contributed by atoms with E-state index in [1.165, 1.54) is 6.07 Å². The number of rotatable bonds is 3. The Labute approximate surface area is 118 Å². The van der Waals surface area contributed by atoms with E-state index in [0.717, 1.165) is 22.4 Å². The second-order valence-corrected chi connectivity index (χ2v) is 5.12. The third-order valence-corrected chi connectivity index (χ3v) is 3.45. The summed E-state index contributed by atoms with van der Waals surface area (Å²) in [6, 6.07) is 8.42. The summed E-state index contributed by atoms with van der Waals surface area (Å²) in [4.78, 5) is 0. The molecule has 3 heteroatoms. The lowest BCUT2D eigenvalue weighted by Gasteiger charge is -2.17. The van der Waals surface area contributed by atoms with Crippen LogP contribution in [0.5, 0.6) is 5.75 Å². The monoisotopic (exact) mass is 274 g/mol. The first-order valence-corrected chi connectivity index (χ1v) is 6.53. The lowest BCUT2D eigenvalue weighted by Crippen LogP contribution is -2.05. The molecule has 2 rings (SSSR count). The van der Waals surface area contributed by atoms with Crippen molar-refractivity contribution in [2.45, 2.75) is 26.9 Å². The van der Waals surface area contributed by atoms with Gasteiger partial charge < -0.3 is 9.84 Å². The van der Waals surface area contributed by atoms with Gasteiger partial charge in [-0.3, -0.25) is 0 Å². The van der Waals surface area contributed by atoms with E-state index in [4.69, 9.17) is 4.74 Å². The van der Waals surface area contributed by atoms with E-state index < -0.39 is 11.9 Å². The van der Waals surface area contributed by atoms with E-state index in [1.807, 2.05) is 32.9 Å². The molecule has 1 N–H and O–H groups in total. The standard InChI is InChI=1S/C17H19FO2/c1-10-5-6-15(18)14(7-10)16(19)13-8-11(2)17(20-4)12(3)9-13/h5-9,16,19H,1-4H3. The summed E-state index contributed by atoms with van der Waals surface area (Å²) in [6.07, 6.45) is -0.974. The number of aryl methyl sites for hydroxylation is 3. The average molecular weight is 274 g/mol. The Kier molecular flexibility index (Phi) is 4.09. The fourth-order valence-corrected chi connectivity index (χ4v) is 2.52. The zero-order valence-corrected chi connectivity index (χ0v) is 12.2. The Morgan fingerprint density at radius 1 is 1.05 bits per heavy atom. The molecule has 2 aromatic carbocycles. The van der Waals surface area contributed by atoms with Crippen LogP contribution in [-0.2, 0) is 0 Å². The van der Waals surface area contributed by atoms with E-state index >= 15 is 0 Å². The third-order valence-electron chi connectivity index (χ3n) is 3.45. The highest BCUT2D eigenvalue weighted by molar-refractivity contribution is 5.46. The van der Waals surface area contributed by atoms with E-state index in [0.29, 0.717) is 11.1 Å². The fraction of sp³-hybridized carbons (Fsp3) is 0.294. The van der Waals surface area contributed by atoms with Crippen LogP contribution in [0.1, 0.15) is 33.9 Å². The van der Waals surface area contributed by atoms with Gasteiger partial charge >= 0.3 is 0 Å². The molecule has 0 amide bonds. The van der Waals surface area contributed by atoms with Crippen LogP contribution in [-0.4, -0.2) is 12.2 Å². The Bertz CT molecular complexity index is 612. The van der Waals surface area contributed by atoms with Gasteiger partial charge in [0.2, 0.25) is 0 Å². The summed E-state index contributed by atoms with van der Waals surface area (Å²) in [6.45, 7) is 5.70. The molecule has 106 valence electrons. The number of benzene rings is 2. The second kappa shape index (κ2) is 5.63. The maximum atomic E-state index is 13.9. The lowest BCUT2D eigenvalue weighted by molar-refractivity contribution is 0.214. The summed E-state index contributed by atoms with van der Waals surface area (Å²) < 4.78 is 19.2. The van der Waals surface area contributed by atoms with Crippen LogP contribution < -0.4 is 4.74 Å². The van der Waals surface area contributed by atoms with Crippen LogP contribution >= 0.6 is 0 Å². The van der Waals surface area contributed by atoms with Crippen LogP contribution in [0.25, 0.3) is 0 Å². The topological polar surface area (TPSA) is 29.5 Å². The van der Waals surface area contributed by atoms with E-state index in [9.17, 15) is 9.50 Å². The zero-order chi connectivity index (χ0) is 14.9. The van der Waals surface area contributed by atoms with Gasteiger partial charge in [-0.15, -0.1) is 0 Å². The SMILES string of the molecule is COc1c(C)cc(C(O)c2cc(C)ccc2F)cc1C. The smallest absolute Gasteiger partial charge is 0.129 e. The van der Waals surface area contributed by atoms with Crippen molar-refractivity contribution in [2.75, 3.05) is 7.11 Å². The van der Waals surface area contributed by atoms with Crippen molar-refractivity contribution in [1.82, 2.24) is 0 Å². The molecular weight excluding hydrogens is 255 g/mol. The normalized spacial score (nSPS) is 12.3. The fourth-order valence-electron chi connectivity index (χ4n) is 2.52. The van der Waals surface area contributed by atoms with Crippen LogP contribution in [0.15, 0.2) is 30.3 Å². The third kappa shape index (κ3) is 2.68. The van der Waals surface area contributed by atoms with Gasteiger partial charge in [0.05, 0.1) is 7.11 Å². The molecule has 20 heavy (non-hydrogen) atoms. The predicted octanol–water partition coefficient (Wildman–Crippen LogP) is 3.84. The summed E-state index contributed by atoms with van der Waals surface area (Å²) in [5.74, 6) is 0.403. The molecule has 0 aliphatic carbocycles. The Balaban J connectivity index is 2.48. The van der Waals surface area contributed by atoms with Crippen molar-refractivity contribution >= 4 is 0 Å². The zero-order valence-electron chi connectivity index (χ0n) is 12.2. The van der Waals surface area contributed by atoms with Crippen LogP contribution in [0.3, 0.4) is 0 Å². The minimum Gasteiger partial charge on any atom is -0.496 e. The number of hydrogen-bond donors (Lipinski definition) is 1. The Hall–Kier alpha value is -1.87. The molecule has 0 saturated carbocycles. The number of aliphatic hydroxyl groups is 1. The number of methoxy groups -OCH3 is 1. The number of hydrogen-bond acceptors (Lipinski definition) is 2. The molecule has 0 spiro atoms. The van der Waals surface area contributed by atoms with Crippen molar-refractivity contribution in [3.63, 3.8) is 0 Å². The number of ether oxygens (including phenoxy) is 1. The molecule has 0 aliphatic heterocycles. The highest BCUT2D eigenvalue weighted by Crippen LogP contribution is 2.31. The van der Waals surface area contributed by atoms with Crippen molar-refractivity contribution in [3.05, 3.63) is 64.0 Å². The summed E-state index contributed by atoms with van der Waals surface area (Å²) >= 11 is 0. The molecule has 1 atom stereocenters. The van der Waals surface area contributed by atoms with Crippen LogP contribution in [0.4, 0.5) is 4.39 Å². The molecule has 0 fully saturated rings. The summed E-state index contributed by atoms with van der Waals surface area (Å²) in [7, 11) is 1.62. The Morgan fingerprint density at radius 2 is 1.65 bits per heavy atom. The molecule has 0 heterocycles. The molecule has 2 aromatic rings. The first-order chi connectivity index (χ1) is 9.43. The van der Waals surface area contributed by atoms with E-state index in [-0.39, 0.29) is 0 Å². The second-order valence-electron chi connectivity index (χ2n) is 5.12. The Morgan fingerprint density at radius 3 is 2.20 bits per heavy atom. The quantitative estimate of drug-likeness (QED) is 0.921. The summed E-state index contributed by atoms with van der Waals surface area (Å²) in [5, 5.41) is 10.4. The molecule has 0 radical (unpaired) electrons. The molecule has 0 aliphatic rings. The van der Waals surface area contributed by atoms with Crippen LogP contribution in [0.2, 0.25) is 0 Å². The molecule has 0 aromatic heterocycles. The van der Waals surface area contributed by atoms with Gasteiger partial charge in [-0.2, -0.15) is 0 Å². The first-order valence-electron chi connectivity index (χ1n) is 6.53. The maximum Gasteiger partial charge on any atom is 0.129 e. The summed E-state index contributed by atoms with van der Waals surface area (Å²) in [5.41, 5.74) is 3.74. The van der Waals surface area contributed by atoms with Gasteiger partial charge in [-0.1, -0.05) is 17.7 Å². The van der Waals surface area contributed by atoms with E-state index in [1.54, 1.807) is 19.2 Å². The van der Waals surface area contributed by atoms with Gasteiger partial charge in [0, 0.05) is 5.56 Å². The van der Waals surface area contributed by atoms with E-state index in [2.05, 4.69) is 0 Å². The van der Waals surface area contributed by atoms with Gasteiger partial charge in [0.1, 0.15) is 17.7 Å². The van der Waals surface area contributed by atoms with Crippen molar-refractivity contribution in [1.29, 1.82) is 0 Å². The molecule has 0 bridgehead atoms. The van der Waals surface area contributed by atoms with Gasteiger partial charge in [-0.25, -0.2) is 4.39 Å². The number of halogens is 1. The predicted molar refractivity (Wildman–Crippen MR) is 77.7 cm³/mol. The molecule has 0 saturated heterocycles. The average Bonchev–Trinajstić information content (AvgIpc) is 2.40. The van der Waals surface area contributed by atoms with Crippen molar-refractivity contribution in [3.8, 4) is 5.75 Å². The van der Waals surface area contributed by atoms with Crippen molar-refractivity contribution in [2.24, 2.45) is 0 Å². The molecule has 2 nitrogen and oxygen atoms in total. The highest BCUT2D eigenvalue weighted by atomic mass is 19.1. The van der Waals surface area contributed by atoms with Gasteiger partial charge in [0.15, 0.2) is 0 Å². The van der Waals surface area contributed by atoms with Crippen molar-refractivity contribution < 1.29 is 14.2 Å². The minimum absolute atomic E-state index is 0.300. The first kappa shape index (κ1) is 14.5. The molecule has 1 unspecified atom stereocenters. The van der Waals surface area contributed by atoms with Crippen LogP contribution in [0, 0.1) is 26.6 Å². The minimum atomic E-state index is -0.974. The largest absolute Gasteiger partial charge is 0.496 e. The number of aliphatic hydroxyl groups excluding tert-OH is 1. The lowest BCUT2D eigenvalue weighted by atomic mass is 9.96. The highest BCUT2D eigenvalue weighted by Gasteiger charge is 2.17. The molecular formula is C17H19FO2. The van der Waals surface area contributed by atoms with Gasteiger partial charge in [0.25, 0.3) is 0 Å². The maximum absolute atomic E-state index is 13.9. The van der Waals surface area contributed by atoms with Gasteiger partial charge in [-0.05, 0) is 55.7 Å².